The predicted molar refractivity (Wildman–Crippen MR) is 85.1 cm³/mol. The molecule has 1 aromatic heterocycles. The number of hydrogen-bond donors (Lipinski definition) is 2. The molecule has 2 aromatic carbocycles. The fraction of sp³-hybridized carbons (Fsp3) is 0. The van der Waals surface area contributed by atoms with Crippen molar-refractivity contribution >= 4 is 28.9 Å². The van der Waals surface area contributed by atoms with Crippen molar-refractivity contribution in [3.63, 3.8) is 0 Å². The van der Waals surface area contributed by atoms with Gasteiger partial charge in [0, 0.05) is 11.8 Å². The highest BCUT2D eigenvalue weighted by Crippen LogP contribution is 2.42. The van der Waals surface area contributed by atoms with Gasteiger partial charge in [-0.1, -0.05) is 41.4 Å². The lowest BCUT2D eigenvalue weighted by atomic mass is 10.1. The number of anilines is 1. The lowest BCUT2D eigenvalue weighted by Gasteiger charge is -2.08. The summed E-state index contributed by atoms with van der Waals surface area (Å²) in [5.74, 6) is -0.220. The fourth-order valence-corrected chi connectivity index (χ4v) is 2.48. The van der Waals surface area contributed by atoms with Crippen molar-refractivity contribution in [1.82, 2.24) is 9.78 Å². The quantitative estimate of drug-likeness (QED) is 0.698. The van der Waals surface area contributed by atoms with E-state index in [-0.39, 0.29) is 21.5 Å². The molecule has 0 aliphatic carbocycles. The van der Waals surface area contributed by atoms with Crippen LogP contribution in [-0.2, 0) is 0 Å². The Morgan fingerprint density at radius 2 is 1.81 bits per heavy atom. The van der Waals surface area contributed by atoms with Crippen LogP contribution in [-0.4, -0.2) is 14.9 Å². The van der Waals surface area contributed by atoms with E-state index in [1.807, 2.05) is 42.6 Å². The highest BCUT2D eigenvalue weighted by molar-refractivity contribution is 6.39. The first-order valence-electron chi connectivity index (χ1n) is 6.16. The molecule has 3 aromatic rings. The molecule has 3 rings (SSSR count). The molecular weight excluding hydrogens is 309 g/mol. The average molecular weight is 320 g/mol. The van der Waals surface area contributed by atoms with E-state index < -0.39 is 0 Å². The van der Waals surface area contributed by atoms with E-state index in [1.165, 1.54) is 0 Å². The van der Waals surface area contributed by atoms with Crippen molar-refractivity contribution in [2.45, 2.75) is 0 Å². The summed E-state index contributed by atoms with van der Waals surface area (Å²) in [5.41, 5.74) is 8.31. The maximum absolute atomic E-state index is 9.67. The number of phenolic OH excluding ortho intramolecular Hbond substituents is 1. The third kappa shape index (κ3) is 2.44. The second-order valence-electron chi connectivity index (χ2n) is 4.46. The maximum atomic E-state index is 9.67. The van der Waals surface area contributed by atoms with Crippen LogP contribution in [0.1, 0.15) is 0 Å². The van der Waals surface area contributed by atoms with Gasteiger partial charge in [-0.25, -0.2) is 4.68 Å². The first kappa shape index (κ1) is 13.8. The zero-order valence-corrected chi connectivity index (χ0v) is 12.3. The van der Waals surface area contributed by atoms with E-state index in [2.05, 4.69) is 5.10 Å². The van der Waals surface area contributed by atoms with Crippen LogP contribution in [0.25, 0.3) is 16.9 Å². The minimum atomic E-state index is -0.220. The Balaban J connectivity index is 2.09. The average Bonchev–Trinajstić information content (AvgIpc) is 2.99. The van der Waals surface area contributed by atoms with Crippen LogP contribution in [0.2, 0.25) is 10.0 Å². The van der Waals surface area contributed by atoms with Crippen LogP contribution in [0.5, 0.6) is 5.75 Å². The lowest BCUT2D eigenvalue weighted by molar-refractivity contribution is 0.476. The molecule has 0 atom stereocenters. The molecule has 0 bridgehead atoms. The third-order valence-corrected chi connectivity index (χ3v) is 3.79. The number of aromatic hydroxyl groups is 1. The number of rotatable bonds is 2. The zero-order chi connectivity index (χ0) is 15.0. The zero-order valence-electron chi connectivity index (χ0n) is 10.8. The van der Waals surface area contributed by atoms with Gasteiger partial charge in [0.2, 0.25) is 0 Å². The summed E-state index contributed by atoms with van der Waals surface area (Å²) in [6.07, 6.45) is 1.82. The number of aromatic nitrogens is 2. The number of nitrogens with two attached hydrogens (primary N) is 1. The first-order chi connectivity index (χ1) is 10.1. The van der Waals surface area contributed by atoms with Crippen LogP contribution in [0, 0.1) is 0 Å². The Hall–Kier alpha value is -2.17. The molecule has 21 heavy (non-hydrogen) atoms. The standard InChI is InChI=1S/C15H11Cl2N3O/c16-11-8-10(14(18)13(17)15(11)21)12-6-7-20(19-12)9-4-2-1-3-5-9/h1-8,21H,18H2. The van der Waals surface area contributed by atoms with Gasteiger partial charge in [0.25, 0.3) is 0 Å². The first-order valence-corrected chi connectivity index (χ1v) is 6.91. The Morgan fingerprint density at radius 3 is 2.52 bits per heavy atom. The van der Waals surface area contributed by atoms with Crippen molar-refractivity contribution in [2.24, 2.45) is 0 Å². The van der Waals surface area contributed by atoms with Gasteiger partial charge in [-0.05, 0) is 24.3 Å². The van der Waals surface area contributed by atoms with Crippen LogP contribution in [0.15, 0.2) is 48.7 Å². The second kappa shape index (κ2) is 5.31. The molecule has 6 heteroatoms. The Morgan fingerprint density at radius 1 is 1.10 bits per heavy atom. The van der Waals surface area contributed by atoms with Gasteiger partial charge in [-0.3, -0.25) is 0 Å². The predicted octanol–water partition coefficient (Wildman–Crippen LogP) is 4.13. The smallest absolute Gasteiger partial charge is 0.154 e. The molecule has 3 N–H and O–H groups in total. The normalized spacial score (nSPS) is 10.8. The lowest BCUT2D eigenvalue weighted by Crippen LogP contribution is -1.96. The molecule has 106 valence electrons. The van der Waals surface area contributed by atoms with Crippen molar-refractivity contribution < 1.29 is 5.11 Å². The second-order valence-corrected chi connectivity index (χ2v) is 5.25. The van der Waals surface area contributed by atoms with Crippen LogP contribution >= 0.6 is 23.2 Å². The fourth-order valence-electron chi connectivity index (χ4n) is 2.03. The van der Waals surface area contributed by atoms with E-state index in [0.29, 0.717) is 11.3 Å². The molecule has 0 fully saturated rings. The van der Waals surface area contributed by atoms with Crippen LogP contribution < -0.4 is 5.73 Å². The highest BCUT2D eigenvalue weighted by atomic mass is 35.5. The summed E-state index contributed by atoms with van der Waals surface area (Å²) in [5, 5.41) is 14.3. The van der Waals surface area contributed by atoms with E-state index >= 15 is 0 Å². The molecule has 1 heterocycles. The summed E-state index contributed by atoms with van der Waals surface area (Å²) < 4.78 is 1.73. The number of para-hydroxylation sites is 1. The van der Waals surface area contributed by atoms with E-state index in [1.54, 1.807) is 10.7 Å². The summed E-state index contributed by atoms with van der Waals surface area (Å²) >= 11 is 11.9. The minimum Gasteiger partial charge on any atom is -0.505 e. The largest absolute Gasteiger partial charge is 0.505 e. The van der Waals surface area contributed by atoms with Crippen molar-refractivity contribution in [1.29, 1.82) is 0 Å². The molecule has 0 unspecified atom stereocenters. The van der Waals surface area contributed by atoms with Crippen molar-refractivity contribution in [3.8, 4) is 22.7 Å². The molecule has 0 spiro atoms. The molecule has 4 nitrogen and oxygen atoms in total. The number of halogens is 2. The number of hydrogen-bond acceptors (Lipinski definition) is 3. The minimum absolute atomic E-state index is 0.0340. The summed E-state index contributed by atoms with van der Waals surface area (Å²) in [6.45, 7) is 0. The third-order valence-electron chi connectivity index (χ3n) is 3.12. The molecule has 0 aliphatic heterocycles. The molecule has 0 amide bonds. The maximum Gasteiger partial charge on any atom is 0.154 e. The van der Waals surface area contributed by atoms with Gasteiger partial charge < -0.3 is 10.8 Å². The topological polar surface area (TPSA) is 64.1 Å². The number of phenols is 1. The van der Waals surface area contributed by atoms with E-state index in [9.17, 15) is 5.11 Å². The van der Waals surface area contributed by atoms with E-state index in [0.717, 1.165) is 5.69 Å². The Labute approximate surface area is 131 Å². The van der Waals surface area contributed by atoms with Gasteiger partial charge in [-0.15, -0.1) is 0 Å². The SMILES string of the molecule is Nc1c(-c2ccn(-c3ccccc3)n2)cc(Cl)c(O)c1Cl. The van der Waals surface area contributed by atoms with Crippen molar-refractivity contribution in [3.05, 3.63) is 58.7 Å². The Bertz CT molecular complexity index is 800. The van der Waals surface area contributed by atoms with Gasteiger partial charge in [0.1, 0.15) is 5.02 Å². The van der Waals surface area contributed by atoms with Gasteiger partial charge in [0.15, 0.2) is 5.75 Å². The van der Waals surface area contributed by atoms with Gasteiger partial charge >= 0.3 is 0 Å². The molecule has 0 aliphatic rings. The number of nitrogens with zero attached hydrogens (tertiary/aromatic N) is 2. The van der Waals surface area contributed by atoms with E-state index in [4.69, 9.17) is 28.9 Å². The highest BCUT2D eigenvalue weighted by Gasteiger charge is 2.16. The summed E-state index contributed by atoms with van der Waals surface area (Å²) in [6, 6.07) is 13.0. The molecule has 0 saturated heterocycles. The molecule has 0 radical (unpaired) electrons. The molecule has 0 saturated carbocycles. The van der Waals surface area contributed by atoms with Crippen LogP contribution in [0.3, 0.4) is 0 Å². The number of nitrogen functional groups attached to an aromatic ring is 1. The Kier molecular flexibility index (Phi) is 3.49. The summed E-state index contributed by atoms with van der Waals surface area (Å²) in [4.78, 5) is 0. The van der Waals surface area contributed by atoms with Gasteiger partial charge in [0.05, 0.1) is 22.1 Å². The number of benzene rings is 2. The monoisotopic (exact) mass is 319 g/mol. The van der Waals surface area contributed by atoms with Crippen LogP contribution in [0.4, 0.5) is 5.69 Å². The van der Waals surface area contributed by atoms with Gasteiger partial charge in [-0.2, -0.15) is 5.10 Å². The summed E-state index contributed by atoms with van der Waals surface area (Å²) in [7, 11) is 0. The molecular formula is C15H11Cl2N3O. The van der Waals surface area contributed by atoms with Crippen molar-refractivity contribution in [2.75, 3.05) is 5.73 Å².